The van der Waals surface area contributed by atoms with Gasteiger partial charge in [-0.1, -0.05) is 35.9 Å². The smallest absolute Gasteiger partial charge is 0.176 e. The molecule has 3 rings (SSSR count). The van der Waals surface area contributed by atoms with Crippen LogP contribution in [-0.4, -0.2) is 21.8 Å². The molecule has 0 radical (unpaired) electrons. The van der Waals surface area contributed by atoms with Crippen molar-refractivity contribution in [3.05, 3.63) is 58.7 Å². The third-order valence-corrected chi connectivity index (χ3v) is 3.81. The molecular formula is C19H16ClNO3. The average Bonchev–Trinajstić information content (AvgIpc) is 2.58. The number of hydrogen-bond acceptors (Lipinski definition) is 4. The number of nitrogens with zero attached hydrogens (tertiary/aromatic N) is 1. The zero-order chi connectivity index (χ0) is 17.1. The lowest BCUT2D eigenvalue weighted by Crippen LogP contribution is -1.92. The summed E-state index contributed by atoms with van der Waals surface area (Å²) in [5, 5.41) is 20.9. The van der Waals surface area contributed by atoms with E-state index in [9.17, 15) is 10.2 Å². The number of fused-ring (bicyclic) bond motifs is 1. The minimum atomic E-state index is -0.0654. The fourth-order valence-electron chi connectivity index (χ4n) is 2.38. The topological polar surface area (TPSA) is 62.6 Å². The Kier molecular flexibility index (Phi) is 4.58. The van der Waals surface area contributed by atoms with Gasteiger partial charge in [0.05, 0.1) is 17.3 Å². The van der Waals surface area contributed by atoms with Crippen molar-refractivity contribution in [2.75, 3.05) is 6.61 Å². The number of ether oxygens (including phenoxy) is 1. The van der Waals surface area contributed by atoms with Crippen LogP contribution in [0.25, 0.3) is 23.1 Å². The van der Waals surface area contributed by atoms with Gasteiger partial charge in [0, 0.05) is 5.39 Å². The van der Waals surface area contributed by atoms with Crippen molar-refractivity contribution in [2.24, 2.45) is 0 Å². The maximum absolute atomic E-state index is 9.89. The molecule has 3 aromatic rings. The molecule has 0 bridgehead atoms. The van der Waals surface area contributed by atoms with E-state index in [1.54, 1.807) is 24.3 Å². The van der Waals surface area contributed by atoms with Gasteiger partial charge in [-0.15, -0.1) is 0 Å². The molecule has 122 valence electrons. The highest BCUT2D eigenvalue weighted by Crippen LogP contribution is 2.35. The molecule has 1 heterocycles. The van der Waals surface area contributed by atoms with Crippen LogP contribution in [0.5, 0.6) is 17.2 Å². The Morgan fingerprint density at radius 3 is 2.75 bits per heavy atom. The lowest BCUT2D eigenvalue weighted by atomic mass is 10.1. The number of aromatic hydroxyl groups is 2. The second kappa shape index (κ2) is 6.81. The lowest BCUT2D eigenvalue weighted by molar-refractivity contribution is 0.318. The molecule has 0 saturated carbocycles. The maximum atomic E-state index is 9.89. The SMILES string of the molecule is CCOc1cc(C=Cc2ccc3cccc(O)c3n2)cc(Cl)c1O. The van der Waals surface area contributed by atoms with Crippen LogP contribution in [0.3, 0.4) is 0 Å². The average molecular weight is 342 g/mol. The molecule has 0 unspecified atom stereocenters. The first-order valence-corrected chi connectivity index (χ1v) is 7.88. The van der Waals surface area contributed by atoms with Crippen molar-refractivity contribution >= 4 is 34.7 Å². The highest BCUT2D eigenvalue weighted by Gasteiger charge is 2.08. The van der Waals surface area contributed by atoms with Crippen molar-refractivity contribution in [3.8, 4) is 17.2 Å². The Labute approximate surface area is 144 Å². The molecule has 0 amide bonds. The summed E-state index contributed by atoms with van der Waals surface area (Å²) >= 11 is 6.02. The number of benzene rings is 2. The molecule has 4 nitrogen and oxygen atoms in total. The predicted molar refractivity (Wildman–Crippen MR) is 96.6 cm³/mol. The third-order valence-electron chi connectivity index (χ3n) is 3.52. The molecule has 2 aromatic carbocycles. The summed E-state index contributed by atoms with van der Waals surface area (Å²) < 4.78 is 5.37. The van der Waals surface area contributed by atoms with Gasteiger partial charge < -0.3 is 14.9 Å². The molecular weight excluding hydrogens is 326 g/mol. The standard InChI is InChI=1S/C19H16ClNO3/c1-2-24-17-11-12(10-15(20)19(17)23)6-8-14-9-7-13-4-3-5-16(22)18(13)21-14/h3-11,22-23H,2H2,1H3. The van der Waals surface area contributed by atoms with Crippen LogP contribution < -0.4 is 4.74 Å². The fourth-order valence-corrected chi connectivity index (χ4v) is 2.60. The Bertz CT molecular complexity index is 922. The van der Waals surface area contributed by atoms with Crippen LogP contribution in [0.4, 0.5) is 0 Å². The van der Waals surface area contributed by atoms with Gasteiger partial charge >= 0.3 is 0 Å². The first-order chi connectivity index (χ1) is 11.6. The van der Waals surface area contributed by atoms with Gasteiger partial charge in [0.15, 0.2) is 11.5 Å². The zero-order valence-electron chi connectivity index (χ0n) is 13.0. The van der Waals surface area contributed by atoms with E-state index in [1.165, 1.54) is 0 Å². The molecule has 0 atom stereocenters. The summed E-state index contributed by atoms with van der Waals surface area (Å²) in [7, 11) is 0. The Morgan fingerprint density at radius 1 is 1.12 bits per heavy atom. The van der Waals surface area contributed by atoms with E-state index in [1.807, 2.05) is 37.3 Å². The molecule has 2 N–H and O–H groups in total. The number of phenolic OH excluding ortho intramolecular Hbond substituents is 2. The molecule has 0 aliphatic rings. The van der Waals surface area contributed by atoms with E-state index in [2.05, 4.69) is 4.98 Å². The number of hydrogen-bond donors (Lipinski definition) is 2. The summed E-state index contributed by atoms with van der Waals surface area (Å²) in [5.41, 5.74) is 2.03. The van der Waals surface area contributed by atoms with E-state index in [0.29, 0.717) is 23.6 Å². The monoisotopic (exact) mass is 341 g/mol. The van der Waals surface area contributed by atoms with Gasteiger partial charge in [-0.05, 0) is 42.8 Å². The maximum Gasteiger partial charge on any atom is 0.176 e. The van der Waals surface area contributed by atoms with Crippen molar-refractivity contribution in [2.45, 2.75) is 6.92 Å². The molecule has 24 heavy (non-hydrogen) atoms. The van der Waals surface area contributed by atoms with Crippen molar-refractivity contribution in [1.82, 2.24) is 4.98 Å². The summed E-state index contributed by atoms with van der Waals surface area (Å²) in [6.07, 6.45) is 3.63. The largest absolute Gasteiger partial charge is 0.506 e. The van der Waals surface area contributed by atoms with Gasteiger partial charge in [-0.3, -0.25) is 0 Å². The second-order valence-electron chi connectivity index (χ2n) is 5.20. The molecule has 0 saturated heterocycles. The van der Waals surface area contributed by atoms with Gasteiger partial charge in [-0.25, -0.2) is 4.98 Å². The minimum absolute atomic E-state index is 0.0654. The fraction of sp³-hybridized carbons (Fsp3) is 0.105. The number of aromatic nitrogens is 1. The first-order valence-electron chi connectivity index (χ1n) is 7.50. The minimum Gasteiger partial charge on any atom is -0.506 e. The highest BCUT2D eigenvalue weighted by atomic mass is 35.5. The summed E-state index contributed by atoms with van der Waals surface area (Å²) in [6, 6.07) is 12.4. The number of pyridine rings is 1. The van der Waals surface area contributed by atoms with E-state index < -0.39 is 0 Å². The lowest BCUT2D eigenvalue weighted by Gasteiger charge is -2.08. The van der Waals surface area contributed by atoms with E-state index in [0.717, 1.165) is 10.9 Å². The highest BCUT2D eigenvalue weighted by molar-refractivity contribution is 6.32. The number of phenols is 2. The van der Waals surface area contributed by atoms with E-state index in [-0.39, 0.29) is 16.5 Å². The van der Waals surface area contributed by atoms with Crippen LogP contribution >= 0.6 is 11.6 Å². The van der Waals surface area contributed by atoms with Gasteiger partial charge in [0.25, 0.3) is 0 Å². The van der Waals surface area contributed by atoms with Crippen LogP contribution in [0.15, 0.2) is 42.5 Å². The molecule has 0 aliphatic carbocycles. The van der Waals surface area contributed by atoms with Gasteiger partial charge in [0.1, 0.15) is 11.3 Å². The quantitative estimate of drug-likeness (QED) is 0.710. The van der Waals surface area contributed by atoms with Gasteiger partial charge in [-0.2, -0.15) is 0 Å². The molecule has 0 aliphatic heterocycles. The normalized spacial score (nSPS) is 11.2. The zero-order valence-corrected chi connectivity index (χ0v) is 13.8. The number of halogens is 1. The molecule has 1 aromatic heterocycles. The predicted octanol–water partition coefficient (Wildman–Crippen LogP) is 4.87. The van der Waals surface area contributed by atoms with E-state index in [4.69, 9.17) is 16.3 Å². The summed E-state index contributed by atoms with van der Waals surface area (Å²) in [5.74, 6) is 0.423. The molecule has 0 fully saturated rings. The van der Waals surface area contributed by atoms with Crippen molar-refractivity contribution in [1.29, 1.82) is 0 Å². The van der Waals surface area contributed by atoms with Crippen LogP contribution in [0, 0.1) is 0 Å². The number of para-hydroxylation sites is 1. The van der Waals surface area contributed by atoms with Crippen LogP contribution in [0.2, 0.25) is 5.02 Å². The number of rotatable bonds is 4. The summed E-state index contributed by atoms with van der Waals surface area (Å²) in [6.45, 7) is 2.27. The molecule has 5 heteroatoms. The second-order valence-corrected chi connectivity index (χ2v) is 5.61. The van der Waals surface area contributed by atoms with Crippen molar-refractivity contribution in [3.63, 3.8) is 0 Å². The Balaban J connectivity index is 1.95. The summed E-state index contributed by atoms with van der Waals surface area (Å²) in [4.78, 5) is 4.44. The first kappa shape index (κ1) is 16.1. The Morgan fingerprint density at radius 2 is 1.96 bits per heavy atom. The van der Waals surface area contributed by atoms with Gasteiger partial charge in [0.2, 0.25) is 0 Å². The van der Waals surface area contributed by atoms with Crippen LogP contribution in [0.1, 0.15) is 18.2 Å². The van der Waals surface area contributed by atoms with Crippen molar-refractivity contribution < 1.29 is 14.9 Å². The van der Waals surface area contributed by atoms with Crippen LogP contribution in [-0.2, 0) is 0 Å². The Hall–Kier alpha value is -2.72. The molecule has 0 spiro atoms. The third kappa shape index (κ3) is 3.29. The van der Waals surface area contributed by atoms with E-state index >= 15 is 0 Å².